The number of nitrogens with zero attached hydrogens (tertiary/aromatic N) is 2. The van der Waals surface area contributed by atoms with Gasteiger partial charge in [0.05, 0.1) is 9.82 Å². The molecule has 0 radical (unpaired) electrons. The molecule has 9 heteroatoms. The fraction of sp³-hybridized carbons (Fsp3) is 0.278. The van der Waals surface area contributed by atoms with Crippen molar-refractivity contribution in [1.82, 2.24) is 0 Å². The first-order valence-corrected chi connectivity index (χ1v) is 9.86. The van der Waals surface area contributed by atoms with E-state index in [2.05, 4.69) is 4.72 Å². The number of carbonyl (C=O) groups is 1. The summed E-state index contributed by atoms with van der Waals surface area (Å²) in [6.45, 7) is 3.88. The number of anilines is 2. The highest BCUT2D eigenvalue weighted by Gasteiger charge is 2.24. The van der Waals surface area contributed by atoms with Crippen LogP contribution in [0.5, 0.6) is 0 Å². The van der Waals surface area contributed by atoms with Crippen molar-refractivity contribution in [3.8, 4) is 0 Å². The minimum atomic E-state index is -4.00. The topological polar surface area (TPSA) is 110 Å². The molecule has 1 heterocycles. The maximum absolute atomic E-state index is 12.7. The van der Waals surface area contributed by atoms with Crippen LogP contribution in [0.15, 0.2) is 41.3 Å². The molecule has 2 aromatic carbocycles. The van der Waals surface area contributed by atoms with Crippen molar-refractivity contribution in [3.63, 3.8) is 0 Å². The molecule has 1 fully saturated rings. The number of hydrogen-bond acceptors (Lipinski definition) is 5. The standard InChI is InChI=1S/C18H19N3O5S/c1-12-10-16(21(23)24)11-17(13(12)2)27(25,26)19-14-5-7-15(8-6-14)20-9-3-4-18(20)22/h5-8,10-11,19H,3-4,9H2,1-2H3. The molecule has 0 spiro atoms. The number of amides is 1. The average molecular weight is 389 g/mol. The van der Waals surface area contributed by atoms with Gasteiger partial charge in [0, 0.05) is 36.5 Å². The molecule has 2 aromatic rings. The zero-order valence-electron chi connectivity index (χ0n) is 14.9. The van der Waals surface area contributed by atoms with Gasteiger partial charge in [0.25, 0.3) is 15.7 Å². The van der Waals surface area contributed by atoms with Crippen molar-refractivity contribution in [2.75, 3.05) is 16.2 Å². The zero-order chi connectivity index (χ0) is 19.8. The number of nitro groups is 1. The molecule has 0 saturated carbocycles. The number of benzene rings is 2. The molecule has 27 heavy (non-hydrogen) atoms. The van der Waals surface area contributed by atoms with E-state index in [1.54, 1.807) is 43.0 Å². The zero-order valence-corrected chi connectivity index (χ0v) is 15.7. The molecule has 3 rings (SSSR count). The Morgan fingerprint density at radius 2 is 1.81 bits per heavy atom. The number of hydrogen-bond donors (Lipinski definition) is 1. The lowest BCUT2D eigenvalue weighted by Gasteiger charge is -2.16. The fourth-order valence-electron chi connectivity index (χ4n) is 3.03. The summed E-state index contributed by atoms with van der Waals surface area (Å²) in [5.41, 5.74) is 1.72. The van der Waals surface area contributed by atoms with Crippen LogP contribution < -0.4 is 9.62 Å². The number of rotatable bonds is 5. The van der Waals surface area contributed by atoms with Gasteiger partial charge in [-0.2, -0.15) is 0 Å². The number of aryl methyl sites for hydroxylation is 1. The highest BCUT2D eigenvalue weighted by molar-refractivity contribution is 7.92. The Balaban J connectivity index is 1.89. The first-order valence-electron chi connectivity index (χ1n) is 8.38. The summed E-state index contributed by atoms with van der Waals surface area (Å²) in [6.07, 6.45) is 1.32. The Kier molecular flexibility index (Phi) is 4.88. The van der Waals surface area contributed by atoms with Crippen LogP contribution in [0.2, 0.25) is 0 Å². The van der Waals surface area contributed by atoms with E-state index in [1.165, 1.54) is 6.07 Å². The Bertz CT molecular complexity index is 1020. The smallest absolute Gasteiger partial charge is 0.271 e. The van der Waals surface area contributed by atoms with Crippen molar-refractivity contribution in [1.29, 1.82) is 0 Å². The molecule has 0 unspecified atom stereocenters. The van der Waals surface area contributed by atoms with Crippen LogP contribution in [-0.4, -0.2) is 25.8 Å². The van der Waals surface area contributed by atoms with E-state index in [4.69, 9.17) is 0 Å². The van der Waals surface area contributed by atoms with Gasteiger partial charge in [-0.05, 0) is 55.7 Å². The third kappa shape index (κ3) is 3.77. The van der Waals surface area contributed by atoms with Crippen molar-refractivity contribution >= 4 is 33.0 Å². The van der Waals surface area contributed by atoms with Crippen LogP contribution in [0.1, 0.15) is 24.0 Å². The van der Waals surface area contributed by atoms with Crippen molar-refractivity contribution < 1.29 is 18.1 Å². The molecule has 1 N–H and O–H groups in total. The summed E-state index contributed by atoms with van der Waals surface area (Å²) < 4.78 is 27.9. The van der Waals surface area contributed by atoms with Crippen molar-refractivity contribution in [3.05, 3.63) is 57.6 Å². The number of carbonyl (C=O) groups excluding carboxylic acids is 1. The van der Waals surface area contributed by atoms with E-state index in [-0.39, 0.29) is 16.5 Å². The van der Waals surface area contributed by atoms with Gasteiger partial charge in [-0.3, -0.25) is 19.6 Å². The van der Waals surface area contributed by atoms with E-state index in [0.29, 0.717) is 35.5 Å². The van der Waals surface area contributed by atoms with E-state index in [9.17, 15) is 23.3 Å². The second-order valence-corrected chi connectivity index (χ2v) is 8.10. The first-order chi connectivity index (χ1) is 12.7. The van der Waals surface area contributed by atoms with Gasteiger partial charge in [0.1, 0.15) is 0 Å². The first kappa shape index (κ1) is 18.8. The second kappa shape index (κ2) is 6.99. The van der Waals surface area contributed by atoms with Crippen molar-refractivity contribution in [2.45, 2.75) is 31.6 Å². The third-order valence-corrected chi connectivity index (χ3v) is 6.12. The number of nitro benzene ring substituents is 1. The number of sulfonamides is 1. The molecule has 142 valence electrons. The lowest BCUT2D eigenvalue weighted by atomic mass is 10.1. The van der Waals surface area contributed by atoms with Gasteiger partial charge in [0.15, 0.2) is 0 Å². The van der Waals surface area contributed by atoms with E-state index in [1.807, 2.05) is 0 Å². The quantitative estimate of drug-likeness (QED) is 0.624. The van der Waals surface area contributed by atoms with E-state index >= 15 is 0 Å². The minimum absolute atomic E-state index is 0.0472. The summed E-state index contributed by atoms with van der Waals surface area (Å²) in [7, 11) is -4.00. The summed E-state index contributed by atoms with van der Waals surface area (Å²) in [6, 6.07) is 8.88. The largest absolute Gasteiger partial charge is 0.312 e. The van der Waals surface area contributed by atoms with Crippen LogP contribution >= 0.6 is 0 Å². The van der Waals surface area contributed by atoms with Crippen LogP contribution in [-0.2, 0) is 14.8 Å². The lowest BCUT2D eigenvalue weighted by molar-refractivity contribution is -0.385. The predicted octanol–water partition coefficient (Wildman–Crippen LogP) is 3.14. The van der Waals surface area contributed by atoms with Crippen LogP contribution in [0.25, 0.3) is 0 Å². The molecule has 1 aliphatic rings. The van der Waals surface area contributed by atoms with E-state index in [0.717, 1.165) is 12.5 Å². The molecule has 0 atom stereocenters. The minimum Gasteiger partial charge on any atom is -0.312 e. The summed E-state index contributed by atoms with van der Waals surface area (Å²) in [5, 5.41) is 11.0. The predicted molar refractivity (Wildman–Crippen MR) is 101 cm³/mol. The van der Waals surface area contributed by atoms with Crippen LogP contribution in [0.3, 0.4) is 0 Å². The third-order valence-electron chi connectivity index (χ3n) is 4.61. The Labute approximate surface area is 157 Å². The Morgan fingerprint density at radius 1 is 1.15 bits per heavy atom. The molecule has 0 aliphatic carbocycles. The maximum atomic E-state index is 12.7. The monoisotopic (exact) mass is 389 g/mol. The highest BCUT2D eigenvalue weighted by Crippen LogP contribution is 2.28. The lowest BCUT2D eigenvalue weighted by Crippen LogP contribution is -2.23. The summed E-state index contributed by atoms with van der Waals surface area (Å²) in [5.74, 6) is 0.0472. The van der Waals surface area contributed by atoms with Crippen molar-refractivity contribution in [2.24, 2.45) is 0 Å². The SMILES string of the molecule is Cc1cc([N+](=O)[O-])cc(S(=O)(=O)Nc2ccc(N3CCCC3=O)cc2)c1C. The Morgan fingerprint density at radius 3 is 2.37 bits per heavy atom. The maximum Gasteiger partial charge on any atom is 0.271 e. The second-order valence-electron chi connectivity index (χ2n) is 6.44. The normalized spacial score (nSPS) is 14.4. The summed E-state index contributed by atoms with van der Waals surface area (Å²) in [4.78, 5) is 23.7. The number of nitrogens with one attached hydrogen (secondary N) is 1. The van der Waals surface area contributed by atoms with Gasteiger partial charge < -0.3 is 4.90 Å². The van der Waals surface area contributed by atoms with Gasteiger partial charge in [0.2, 0.25) is 5.91 Å². The molecular weight excluding hydrogens is 370 g/mol. The van der Waals surface area contributed by atoms with Crippen LogP contribution in [0, 0.1) is 24.0 Å². The molecule has 0 bridgehead atoms. The van der Waals surface area contributed by atoms with Crippen LogP contribution in [0.4, 0.5) is 17.1 Å². The summed E-state index contributed by atoms with van der Waals surface area (Å²) >= 11 is 0. The van der Waals surface area contributed by atoms with Gasteiger partial charge >= 0.3 is 0 Å². The Hall–Kier alpha value is -2.94. The van der Waals surface area contributed by atoms with Gasteiger partial charge in [-0.1, -0.05) is 0 Å². The molecule has 0 aromatic heterocycles. The molecular formula is C18H19N3O5S. The highest BCUT2D eigenvalue weighted by atomic mass is 32.2. The number of non-ortho nitro benzene ring substituents is 1. The average Bonchev–Trinajstić information content (AvgIpc) is 3.03. The fourth-order valence-corrected chi connectivity index (χ4v) is 4.43. The molecule has 8 nitrogen and oxygen atoms in total. The molecule has 1 saturated heterocycles. The van der Waals surface area contributed by atoms with E-state index < -0.39 is 14.9 Å². The van der Waals surface area contributed by atoms with Gasteiger partial charge in [-0.15, -0.1) is 0 Å². The van der Waals surface area contributed by atoms with Gasteiger partial charge in [-0.25, -0.2) is 8.42 Å². The molecule has 1 aliphatic heterocycles. The molecule has 1 amide bonds.